The Hall–Kier alpha value is -2.91. The van der Waals surface area contributed by atoms with E-state index in [9.17, 15) is 18.0 Å². The number of hydrogen-bond donors (Lipinski definition) is 0. The Balaban J connectivity index is 1.68. The number of likely N-dealkylation sites (tertiary alicyclic amines) is 1. The van der Waals surface area contributed by atoms with Crippen molar-refractivity contribution in [1.82, 2.24) is 29.3 Å². The molecule has 3 aromatic rings. The second kappa shape index (κ2) is 7.65. The molecule has 0 saturated carbocycles. The van der Waals surface area contributed by atoms with E-state index in [1.807, 2.05) is 20.8 Å². The van der Waals surface area contributed by atoms with E-state index in [0.717, 1.165) is 40.4 Å². The van der Waals surface area contributed by atoms with Crippen molar-refractivity contribution >= 4 is 11.6 Å². The molecule has 1 atom stereocenters. The highest BCUT2D eigenvalue weighted by Gasteiger charge is 2.36. The Bertz CT molecular complexity index is 1150. The number of halogens is 3. The lowest BCUT2D eigenvalue weighted by molar-refractivity contribution is -0.143. The molecular weight excluding hydrogens is 409 g/mol. The number of rotatable bonds is 3. The number of alkyl halides is 3. The number of hydrogen-bond acceptors (Lipinski definition) is 4. The van der Waals surface area contributed by atoms with E-state index in [0.29, 0.717) is 18.7 Å². The molecule has 1 aliphatic rings. The van der Waals surface area contributed by atoms with Gasteiger partial charge in [-0.25, -0.2) is 9.50 Å². The van der Waals surface area contributed by atoms with Crippen LogP contribution in [-0.2, 0) is 17.5 Å². The molecule has 166 valence electrons. The van der Waals surface area contributed by atoms with Crippen LogP contribution in [0.15, 0.2) is 12.1 Å². The van der Waals surface area contributed by atoms with Crippen LogP contribution in [0.5, 0.6) is 0 Å². The number of amides is 1. The SMILES string of the molecule is Cc1cc(C(F)(F)F)n2nc(C3CCCCN3C(=O)Cn3nc(C)c(C)c3C)cc2n1. The fraction of sp³-hybridized carbons (Fsp3) is 0.524. The first-order valence-electron chi connectivity index (χ1n) is 10.3. The second-order valence-corrected chi connectivity index (χ2v) is 8.17. The number of fused-ring (bicyclic) bond motifs is 1. The first-order chi connectivity index (χ1) is 14.6. The van der Waals surface area contributed by atoms with E-state index in [2.05, 4.69) is 15.2 Å². The quantitative estimate of drug-likeness (QED) is 0.626. The van der Waals surface area contributed by atoms with Gasteiger partial charge in [0.1, 0.15) is 12.2 Å². The summed E-state index contributed by atoms with van der Waals surface area (Å²) in [6.07, 6.45) is -2.19. The first kappa shape index (κ1) is 21.3. The molecule has 0 aliphatic carbocycles. The lowest BCUT2D eigenvalue weighted by Crippen LogP contribution is -2.40. The molecule has 0 bridgehead atoms. The summed E-state index contributed by atoms with van der Waals surface area (Å²) < 4.78 is 43.0. The van der Waals surface area contributed by atoms with Gasteiger partial charge in [0.2, 0.25) is 5.91 Å². The summed E-state index contributed by atoms with van der Waals surface area (Å²) >= 11 is 0. The monoisotopic (exact) mass is 434 g/mol. The van der Waals surface area contributed by atoms with Gasteiger partial charge in [0, 0.05) is 24.0 Å². The van der Waals surface area contributed by atoms with Gasteiger partial charge in [0.05, 0.1) is 17.4 Å². The Morgan fingerprint density at radius 2 is 1.87 bits per heavy atom. The predicted molar refractivity (Wildman–Crippen MR) is 107 cm³/mol. The van der Waals surface area contributed by atoms with Crippen molar-refractivity contribution in [1.29, 1.82) is 0 Å². The highest BCUT2D eigenvalue weighted by molar-refractivity contribution is 5.76. The maximum absolute atomic E-state index is 13.5. The van der Waals surface area contributed by atoms with Crippen molar-refractivity contribution in [3.8, 4) is 0 Å². The molecule has 0 N–H and O–H groups in total. The molecule has 31 heavy (non-hydrogen) atoms. The van der Waals surface area contributed by atoms with E-state index >= 15 is 0 Å². The smallest absolute Gasteiger partial charge is 0.332 e. The molecule has 4 rings (SSSR count). The van der Waals surface area contributed by atoms with Crippen molar-refractivity contribution in [3.63, 3.8) is 0 Å². The minimum atomic E-state index is -4.55. The lowest BCUT2D eigenvalue weighted by atomic mass is 9.99. The van der Waals surface area contributed by atoms with Crippen LogP contribution in [0.25, 0.3) is 5.65 Å². The van der Waals surface area contributed by atoms with E-state index < -0.39 is 11.9 Å². The van der Waals surface area contributed by atoms with Crippen LogP contribution in [0, 0.1) is 27.7 Å². The van der Waals surface area contributed by atoms with Crippen LogP contribution in [0.2, 0.25) is 0 Å². The minimum absolute atomic E-state index is 0.0928. The molecule has 4 heterocycles. The Kier molecular flexibility index (Phi) is 5.26. The third kappa shape index (κ3) is 3.90. The summed E-state index contributed by atoms with van der Waals surface area (Å²) in [6, 6.07) is 2.16. The minimum Gasteiger partial charge on any atom is -0.332 e. The van der Waals surface area contributed by atoms with E-state index in [1.165, 1.54) is 6.92 Å². The van der Waals surface area contributed by atoms with E-state index in [1.54, 1.807) is 15.6 Å². The number of carbonyl (C=O) groups excluding carboxylic acids is 1. The number of aryl methyl sites for hydroxylation is 2. The molecule has 3 aromatic heterocycles. The zero-order valence-corrected chi connectivity index (χ0v) is 18.0. The molecule has 0 radical (unpaired) electrons. The van der Waals surface area contributed by atoms with Gasteiger partial charge in [-0.3, -0.25) is 9.48 Å². The van der Waals surface area contributed by atoms with Gasteiger partial charge in [-0.2, -0.15) is 23.4 Å². The van der Waals surface area contributed by atoms with Gasteiger partial charge in [-0.05, 0) is 58.6 Å². The summed E-state index contributed by atoms with van der Waals surface area (Å²) in [4.78, 5) is 19.1. The van der Waals surface area contributed by atoms with Crippen LogP contribution in [-0.4, -0.2) is 41.7 Å². The van der Waals surface area contributed by atoms with Crippen LogP contribution in [0.1, 0.15) is 59.3 Å². The normalized spacial score (nSPS) is 17.5. The first-order valence-corrected chi connectivity index (χ1v) is 10.3. The molecule has 0 spiro atoms. The molecule has 0 aromatic carbocycles. The van der Waals surface area contributed by atoms with Crippen LogP contribution < -0.4 is 0 Å². The summed E-state index contributed by atoms with van der Waals surface area (Å²) in [5.41, 5.74) is 2.82. The fourth-order valence-electron chi connectivity index (χ4n) is 4.18. The van der Waals surface area contributed by atoms with Crippen LogP contribution in [0.3, 0.4) is 0 Å². The third-order valence-corrected chi connectivity index (χ3v) is 6.06. The van der Waals surface area contributed by atoms with Gasteiger partial charge in [0.25, 0.3) is 0 Å². The van der Waals surface area contributed by atoms with Gasteiger partial charge >= 0.3 is 6.18 Å². The zero-order chi connectivity index (χ0) is 22.5. The van der Waals surface area contributed by atoms with Crippen LogP contribution in [0.4, 0.5) is 13.2 Å². The molecule has 1 saturated heterocycles. The van der Waals surface area contributed by atoms with Crippen molar-refractivity contribution in [2.75, 3.05) is 6.54 Å². The summed E-state index contributed by atoms with van der Waals surface area (Å²) in [6.45, 7) is 7.94. The van der Waals surface area contributed by atoms with E-state index in [4.69, 9.17) is 0 Å². The molecule has 1 aliphatic heterocycles. The summed E-state index contributed by atoms with van der Waals surface area (Å²) in [5, 5.41) is 8.68. The predicted octanol–water partition coefficient (Wildman–Crippen LogP) is 3.93. The molecule has 1 fully saturated rings. The van der Waals surface area contributed by atoms with Crippen molar-refractivity contribution < 1.29 is 18.0 Å². The number of piperidine rings is 1. The van der Waals surface area contributed by atoms with Crippen LogP contribution >= 0.6 is 0 Å². The highest BCUT2D eigenvalue weighted by atomic mass is 19.4. The fourth-order valence-corrected chi connectivity index (χ4v) is 4.18. The maximum atomic E-state index is 13.5. The average Bonchev–Trinajstić information content (AvgIpc) is 3.23. The average molecular weight is 434 g/mol. The number of nitrogens with zero attached hydrogens (tertiary/aromatic N) is 6. The molecule has 1 amide bonds. The van der Waals surface area contributed by atoms with Crippen molar-refractivity contribution in [3.05, 3.63) is 46.2 Å². The topological polar surface area (TPSA) is 68.3 Å². The standard InChI is InChI=1S/C21H25F3N6O/c1-12-9-18(21(22,23)24)30-19(25-12)10-16(27-30)17-7-5-6-8-28(17)20(31)11-29-15(4)13(2)14(3)26-29/h9-10,17H,5-8,11H2,1-4H3. The van der Waals surface area contributed by atoms with Gasteiger partial charge < -0.3 is 4.90 Å². The second-order valence-electron chi connectivity index (χ2n) is 8.17. The number of carbonyl (C=O) groups is 1. The van der Waals surface area contributed by atoms with Gasteiger partial charge in [0.15, 0.2) is 5.65 Å². The Labute approximate surface area is 177 Å². The van der Waals surface area contributed by atoms with Crippen molar-refractivity contribution in [2.45, 2.75) is 65.7 Å². The molecule has 10 heteroatoms. The van der Waals surface area contributed by atoms with E-state index in [-0.39, 0.29) is 29.8 Å². The largest absolute Gasteiger partial charge is 0.433 e. The zero-order valence-electron chi connectivity index (χ0n) is 18.0. The van der Waals surface area contributed by atoms with Crippen molar-refractivity contribution in [2.24, 2.45) is 0 Å². The van der Waals surface area contributed by atoms with Gasteiger partial charge in [-0.15, -0.1) is 0 Å². The third-order valence-electron chi connectivity index (χ3n) is 6.06. The Morgan fingerprint density at radius 3 is 2.52 bits per heavy atom. The number of aromatic nitrogens is 5. The Morgan fingerprint density at radius 1 is 1.13 bits per heavy atom. The molecular formula is C21H25F3N6O. The molecule has 7 nitrogen and oxygen atoms in total. The summed E-state index contributed by atoms with van der Waals surface area (Å²) in [5.74, 6) is -0.118. The highest BCUT2D eigenvalue weighted by Crippen LogP contribution is 2.34. The van der Waals surface area contributed by atoms with Gasteiger partial charge in [-0.1, -0.05) is 0 Å². The molecule has 1 unspecified atom stereocenters. The summed E-state index contributed by atoms with van der Waals surface area (Å²) in [7, 11) is 0. The lowest BCUT2D eigenvalue weighted by Gasteiger charge is -2.34. The maximum Gasteiger partial charge on any atom is 0.433 e.